The maximum absolute atomic E-state index is 13.5. The third-order valence-corrected chi connectivity index (χ3v) is 2.48. The number of esters is 1. The number of carbonyl (C=O) groups is 1. The zero-order valence-corrected chi connectivity index (χ0v) is 9.34. The van der Waals surface area contributed by atoms with E-state index in [1.54, 1.807) is 0 Å². The number of ether oxygens (including phenoxy) is 1. The predicted molar refractivity (Wildman–Crippen MR) is 54.9 cm³/mol. The Bertz CT molecular complexity index is 431. The van der Waals surface area contributed by atoms with Gasteiger partial charge in [-0.15, -0.1) is 0 Å². The minimum absolute atomic E-state index is 0.336. The monoisotopic (exact) mass is 247 g/mol. The van der Waals surface area contributed by atoms with E-state index >= 15 is 0 Å². The Morgan fingerprint density at radius 2 is 2.00 bits per heavy atom. The van der Waals surface area contributed by atoms with E-state index in [0.29, 0.717) is 6.92 Å². The smallest absolute Gasteiger partial charge is 0.336 e. The van der Waals surface area contributed by atoms with E-state index in [1.165, 1.54) is 6.07 Å². The Balaban J connectivity index is 3.40. The number of benzene rings is 1. The number of methoxy groups -OCH3 is 1. The van der Waals surface area contributed by atoms with Crippen LogP contribution < -0.4 is 5.73 Å². The standard InChI is InChI=1S/C11H12F3NO2/c1-10(13,14)11(15,9(16)17-2)7-4-3-5-8(12)6-7/h3-6H,15H2,1-2H3. The van der Waals surface area contributed by atoms with Crippen molar-refractivity contribution < 1.29 is 22.7 Å². The summed E-state index contributed by atoms with van der Waals surface area (Å²) in [6, 6.07) is 4.20. The average molecular weight is 247 g/mol. The topological polar surface area (TPSA) is 52.3 Å². The quantitative estimate of drug-likeness (QED) is 0.829. The lowest BCUT2D eigenvalue weighted by molar-refractivity contribution is -0.164. The normalized spacial score (nSPS) is 15.2. The van der Waals surface area contributed by atoms with Crippen molar-refractivity contribution in [3.8, 4) is 0 Å². The Morgan fingerprint density at radius 1 is 1.41 bits per heavy atom. The van der Waals surface area contributed by atoms with Crippen molar-refractivity contribution in [1.82, 2.24) is 0 Å². The molecule has 0 aliphatic heterocycles. The maximum Gasteiger partial charge on any atom is 0.336 e. The van der Waals surface area contributed by atoms with Gasteiger partial charge in [-0.3, -0.25) is 0 Å². The summed E-state index contributed by atoms with van der Waals surface area (Å²) >= 11 is 0. The third kappa shape index (κ3) is 2.26. The number of rotatable bonds is 3. The van der Waals surface area contributed by atoms with Crippen LogP contribution in [0.3, 0.4) is 0 Å². The SMILES string of the molecule is COC(=O)C(N)(c1cccc(F)c1)C(C)(F)F. The molecule has 1 unspecified atom stereocenters. The van der Waals surface area contributed by atoms with Gasteiger partial charge in [-0.1, -0.05) is 12.1 Å². The summed E-state index contributed by atoms with van der Waals surface area (Å²) in [4.78, 5) is 11.4. The molecular weight excluding hydrogens is 235 g/mol. The minimum atomic E-state index is -3.59. The summed E-state index contributed by atoms with van der Waals surface area (Å²) in [7, 11) is 0.939. The molecule has 2 N–H and O–H groups in total. The summed E-state index contributed by atoms with van der Waals surface area (Å²) in [6.45, 7) is 0.481. The van der Waals surface area contributed by atoms with Gasteiger partial charge in [-0.2, -0.15) is 0 Å². The molecule has 1 atom stereocenters. The fraction of sp³-hybridized carbons (Fsp3) is 0.364. The molecule has 1 rings (SSSR count). The third-order valence-electron chi connectivity index (χ3n) is 2.48. The summed E-state index contributed by atoms with van der Waals surface area (Å²) in [6.07, 6.45) is 0. The summed E-state index contributed by atoms with van der Waals surface area (Å²) < 4.78 is 44.2. The van der Waals surface area contributed by atoms with E-state index in [4.69, 9.17) is 5.73 Å². The molecule has 0 bridgehead atoms. The first-order valence-corrected chi connectivity index (χ1v) is 4.74. The van der Waals surface area contributed by atoms with Crippen LogP contribution in [0, 0.1) is 5.82 Å². The largest absolute Gasteiger partial charge is 0.467 e. The molecule has 0 amide bonds. The summed E-state index contributed by atoms with van der Waals surface area (Å²) in [5, 5.41) is 0. The van der Waals surface area contributed by atoms with Gasteiger partial charge < -0.3 is 10.5 Å². The number of halogens is 3. The van der Waals surface area contributed by atoms with Gasteiger partial charge in [0.15, 0.2) is 0 Å². The second-order valence-electron chi connectivity index (χ2n) is 3.70. The van der Waals surface area contributed by atoms with E-state index < -0.39 is 23.2 Å². The van der Waals surface area contributed by atoms with Crippen molar-refractivity contribution >= 4 is 5.97 Å². The fourth-order valence-corrected chi connectivity index (χ4v) is 1.45. The van der Waals surface area contributed by atoms with Crippen molar-refractivity contribution in [3.05, 3.63) is 35.6 Å². The number of nitrogens with two attached hydrogens (primary N) is 1. The number of hydrogen-bond acceptors (Lipinski definition) is 3. The maximum atomic E-state index is 13.5. The molecule has 0 aliphatic rings. The van der Waals surface area contributed by atoms with Gasteiger partial charge in [0.05, 0.1) is 7.11 Å². The first-order valence-electron chi connectivity index (χ1n) is 4.74. The molecule has 0 heterocycles. The molecule has 6 heteroatoms. The van der Waals surface area contributed by atoms with Crippen LogP contribution >= 0.6 is 0 Å². The molecule has 1 aromatic carbocycles. The molecule has 0 radical (unpaired) electrons. The molecule has 0 aromatic heterocycles. The molecule has 0 fully saturated rings. The number of hydrogen-bond donors (Lipinski definition) is 1. The Hall–Kier alpha value is -1.56. The van der Waals surface area contributed by atoms with E-state index in [9.17, 15) is 18.0 Å². The lowest BCUT2D eigenvalue weighted by atomic mass is 9.85. The minimum Gasteiger partial charge on any atom is -0.467 e. The van der Waals surface area contributed by atoms with Crippen LogP contribution in [-0.4, -0.2) is 19.0 Å². The Labute approximate surface area is 96.4 Å². The van der Waals surface area contributed by atoms with Gasteiger partial charge in [0.2, 0.25) is 5.54 Å². The number of alkyl halides is 2. The Morgan fingerprint density at radius 3 is 2.41 bits per heavy atom. The molecule has 0 spiro atoms. The second kappa shape index (κ2) is 4.37. The van der Waals surface area contributed by atoms with Crippen molar-refractivity contribution in [2.75, 3.05) is 7.11 Å². The Kier molecular flexibility index (Phi) is 3.47. The van der Waals surface area contributed by atoms with Crippen LogP contribution in [0.2, 0.25) is 0 Å². The zero-order valence-electron chi connectivity index (χ0n) is 9.34. The van der Waals surface area contributed by atoms with E-state index in [0.717, 1.165) is 25.3 Å². The van der Waals surface area contributed by atoms with Crippen LogP contribution in [0.1, 0.15) is 12.5 Å². The van der Waals surface area contributed by atoms with Crippen LogP contribution in [0.25, 0.3) is 0 Å². The van der Waals surface area contributed by atoms with Crippen LogP contribution in [0.15, 0.2) is 24.3 Å². The van der Waals surface area contributed by atoms with Crippen molar-refractivity contribution in [3.63, 3.8) is 0 Å². The van der Waals surface area contributed by atoms with Gasteiger partial charge in [0.1, 0.15) is 5.82 Å². The van der Waals surface area contributed by atoms with E-state index in [2.05, 4.69) is 4.74 Å². The highest BCUT2D eigenvalue weighted by Crippen LogP contribution is 2.36. The molecule has 1 aromatic rings. The molecule has 0 saturated carbocycles. The molecule has 17 heavy (non-hydrogen) atoms. The van der Waals surface area contributed by atoms with Gasteiger partial charge in [0, 0.05) is 6.92 Å². The van der Waals surface area contributed by atoms with Crippen LogP contribution in [0.4, 0.5) is 13.2 Å². The van der Waals surface area contributed by atoms with Gasteiger partial charge in [-0.25, -0.2) is 18.0 Å². The van der Waals surface area contributed by atoms with E-state index in [-0.39, 0.29) is 5.56 Å². The highest BCUT2D eigenvalue weighted by molar-refractivity contribution is 5.83. The molecule has 3 nitrogen and oxygen atoms in total. The molecule has 0 aliphatic carbocycles. The predicted octanol–water partition coefficient (Wildman–Crippen LogP) is 1.81. The summed E-state index contributed by atoms with van der Waals surface area (Å²) in [5.41, 5.74) is 2.39. The lowest BCUT2D eigenvalue weighted by Gasteiger charge is -2.32. The van der Waals surface area contributed by atoms with Crippen LogP contribution in [0.5, 0.6) is 0 Å². The average Bonchev–Trinajstić information content (AvgIpc) is 2.25. The van der Waals surface area contributed by atoms with Gasteiger partial charge in [-0.05, 0) is 17.7 Å². The molecule has 0 saturated heterocycles. The zero-order chi connectivity index (χ0) is 13.3. The number of carbonyl (C=O) groups excluding carboxylic acids is 1. The van der Waals surface area contributed by atoms with Crippen LogP contribution in [-0.2, 0) is 15.1 Å². The molecular formula is C11H12F3NO2. The van der Waals surface area contributed by atoms with Gasteiger partial charge >= 0.3 is 5.97 Å². The highest BCUT2D eigenvalue weighted by atomic mass is 19.3. The highest BCUT2D eigenvalue weighted by Gasteiger charge is 2.55. The lowest BCUT2D eigenvalue weighted by Crippen LogP contribution is -2.57. The fourth-order valence-electron chi connectivity index (χ4n) is 1.45. The summed E-state index contributed by atoms with van der Waals surface area (Å²) in [5.74, 6) is -5.67. The molecule has 94 valence electrons. The first kappa shape index (κ1) is 13.5. The first-order chi connectivity index (χ1) is 7.73. The second-order valence-corrected chi connectivity index (χ2v) is 3.70. The van der Waals surface area contributed by atoms with Crippen molar-refractivity contribution in [2.24, 2.45) is 5.73 Å². The van der Waals surface area contributed by atoms with Crippen molar-refractivity contribution in [1.29, 1.82) is 0 Å². The van der Waals surface area contributed by atoms with Gasteiger partial charge in [0.25, 0.3) is 5.92 Å². The van der Waals surface area contributed by atoms with Crippen molar-refractivity contribution in [2.45, 2.75) is 18.4 Å². The van der Waals surface area contributed by atoms with E-state index in [1.807, 2.05) is 0 Å².